The number of benzene rings is 1. The van der Waals surface area contributed by atoms with Gasteiger partial charge in [-0.1, -0.05) is 18.2 Å². The summed E-state index contributed by atoms with van der Waals surface area (Å²) in [6, 6.07) is 10.8. The Morgan fingerprint density at radius 2 is 1.93 bits per heavy atom. The van der Waals surface area contributed by atoms with Crippen LogP contribution in [0.2, 0.25) is 0 Å². The number of hydrogen-bond donors (Lipinski definition) is 0. The van der Waals surface area contributed by atoms with E-state index in [0.717, 1.165) is 12.8 Å². The Kier molecular flexibility index (Phi) is 3.59. The number of aryl methyl sites for hydroxylation is 2. The van der Waals surface area contributed by atoms with Crippen molar-refractivity contribution in [3.8, 4) is 0 Å². The second-order valence-corrected chi connectivity index (χ2v) is 5.17. The smallest absolute Gasteiger partial charge is 0.0162 e. The summed E-state index contributed by atoms with van der Waals surface area (Å²) in [5, 5.41) is 4.38. The molecule has 0 spiro atoms. The molecule has 0 fully saturated rings. The Balaban J connectivity index is 2.02. The molecule has 0 aliphatic heterocycles. The molecule has 1 aromatic heterocycles. The van der Waals surface area contributed by atoms with Crippen LogP contribution >= 0.6 is 33.9 Å². The molecule has 0 aliphatic rings. The first-order valence-corrected chi connectivity index (χ1v) is 6.63. The summed E-state index contributed by atoms with van der Waals surface area (Å²) < 4.78 is 1.38. The van der Waals surface area contributed by atoms with Crippen LogP contribution in [0.4, 0.5) is 0 Å². The molecule has 0 unspecified atom stereocenters. The number of rotatable bonds is 3. The Morgan fingerprint density at radius 3 is 2.64 bits per heavy atom. The van der Waals surface area contributed by atoms with Gasteiger partial charge < -0.3 is 0 Å². The minimum atomic E-state index is 1.15. The zero-order valence-corrected chi connectivity index (χ0v) is 10.7. The van der Waals surface area contributed by atoms with Gasteiger partial charge in [0.15, 0.2) is 0 Å². The molecule has 14 heavy (non-hydrogen) atoms. The lowest BCUT2D eigenvalue weighted by molar-refractivity contribution is 0.959. The van der Waals surface area contributed by atoms with Gasteiger partial charge in [0.05, 0.1) is 0 Å². The highest BCUT2D eigenvalue weighted by Gasteiger charge is 1.99. The largest absolute Gasteiger partial charge is 0.152 e. The van der Waals surface area contributed by atoms with E-state index in [2.05, 4.69) is 63.7 Å². The fourth-order valence-corrected chi connectivity index (χ4v) is 2.78. The molecule has 2 rings (SSSR count). The van der Waals surface area contributed by atoms with E-state index in [4.69, 9.17) is 0 Å². The lowest BCUT2D eigenvalue weighted by Crippen LogP contribution is -1.92. The molecular formula is C12H11IS. The van der Waals surface area contributed by atoms with Gasteiger partial charge in [0.1, 0.15) is 0 Å². The maximum atomic E-state index is 2.40. The zero-order chi connectivity index (χ0) is 9.80. The topological polar surface area (TPSA) is 0 Å². The van der Waals surface area contributed by atoms with Crippen LogP contribution in [0.3, 0.4) is 0 Å². The van der Waals surface area contributed by atoms with E-state index in [1.54, 1.807) is 11.3 Å². The first-order chi connectivity index (χ1) is 6.86. The first-order valence-electron chi connectivity index (χ1n) is 4.61. The van der Waals surface area contributed by atoms with Crippen molar-refractivity contribution in [3.63, 3.8) is 0 Å². The Hall–Kier alpha value is -0.350. The van der Waals surface area contributed by atoms with Gasteiger partial charge in [0.2, 0.25) is 0 Å². The molecular weight excluding hydrogens is 303 g/mol. The highest BCUT2D eigenvalue weighted by Crippen LogP contribution is 2.15. The molecule has 0 N–H and O–H groups in total. The molecule has 2 aromatic rings. The predicted octanol–water partition coefficient (Wildman–Crippen LogP) is 4.14. The lowest BCUT2D eigenvalue weighted by atomic mass is 10.1. The van der Waals surface area contributed by atoms with Crippen molar-refractivity contribution in [1.82, 2.24) is 0 Å². The van der Waals surface area contributed by atoms with Crippen LogP contribution in [-0.2, 0) is 12.8 Å². The fraction of sp³-hybridized carbons (Fsp3) is 0.167. The molecule has 0 nitrogen and oxygen atoms in total. The third-order valence-electron chi connectivity index (χ3n) is 2.22. The van der Waals surface area contributed by atoms with Gasteiger partial charge in [-0.15, -0.1) is 0 Å². The number of thiophene rings is 1. The summed E-state index contributed by atoms with van der Waals surface area (Å²) in [6.45, 7) is 0. The van der Waals surface area contributed by atoms with Crippen LogP contribution in [0.5, 0.6) is 0 Å². The molecule has 0 amide bonds. The van der Waals surface area contributed by atoms with E-state index in [1.165, 1.54) is 14.7 Å². The van der Waals surface area contributed by atoms with Crippen LogP contribution in [-0.4, -0.2) is 0 Å². The predicted molar refractivity (Wildman–Crippen MR) is 70.9 cm³/mol. The van der Waals surface area contributed by atoms with E-state index in [-0.39, 0.29) is 0 Å². The maximum Gasteiger partial charge on any atom is 0.0162 e. The van der Waals surface area contributed by atoms with Gasteiger partial charge in [0, 0.05) is 3.57 Å². The summed E-state index contributed by atoms with van der Waals surface area (Å²) in [7, 11) is 0. The van der Waals surface area contributed by atoms with Gasteiger partial charge in [0.25, 0.3) is 0 Å². The van der Waals surface area contributed by atoms with Crippen molar-refractivity contribution >= 4 is 33.9 Å². The fourth-order valence-electron chi connectivity index (χ4n) is 1.42. The van der Waals surface area contributed by atoms with Crippen LogP contribution in [0.1, 0.15) is 11.1 Å². The molecule has 0 saturated carbocycles. The second kappa shape index (κ2) is 4.94. The Labute approximate surface area is 102 Å². The van der Waals surface area contributed by atoms with Gasteiger partial charge in [-0.25, -0.2) is 0 Å². The van der Waals surface area contributed by atoms with Gasteiger partial charge >= 0.3 is 0 Å². The molecule has 1 aromatic carbocycles. The van der Waals surface area contributed by atoms with E-state index in [0.29, 0.717) is 0 Å². The molecule has 0 atom stereocenters. The SMILES string of the molecule is Ic1ccccc1CCc1ccsc1. The van der Waals surface area contributed by atoms with Gasteiger partial charge in [-0.3, -0.25) is 0 Å². The monoisotopic (exact) mass is 314 g/mol. The summed E-state index contributed by atoms with van der Waals surface area (Å²) in [4.78, 5) is 0. The number of halogens is 1. The third kappa shape index (κ3) is 2.58. The van der Waals surface area contributed by atoms with Crippen molar-refractivity contribution in [1.29, 1.82) is 0 Å². The van der Waals surface area contributed by atoms with Gasteiger partial charge in [-0.2, -0.15) is 11.3 Å². The summed E-state index contributed by atoms with van der Waals surface area (Å²) >= 11 is 4.18. The van der Waals surface area contributed by atoms with Crippen molar-refractivity contribution in [2.75, 3.05) is 0 Å². The minimum absolute atomic E-state index is 1.15. The summed E-state index contributed by atoms with van der Waals surface area (Å²) in [6.07, 6.45) is 2.30. The minimum Gasteiger partial charge on any atom is -0.152 e. The standard InChI is InChI=1S/C12H11IS/c13-12-4-2-1-3-11(12)6-5-10-7-8-14-9-10/h1-4,7-9H,5-6H2. The molecule has 0 aliphatic carbocycles. The van der Waals surface area contributed by atoms with E-state index in [1.807, 2.05) is 0 Å². The molecule has 72 valence electrons. The van der Waals surface area contributed by atoms with Gasteiger partial charge in [-0.05, 0) is 69.5 Å². The Morgan fingerprint density at radius 1 is 1.07 bits per heavy atom. The van der Waals surface area contributed by atoms with Crippen LogP contribution in [0.15, 0.2) is 41.1 Å². The van der Waals surface area contributed by atoms with Crippen LogP contribution in [0, 0.1) is 3.57 Å². The highest BCUT2D eigenvalue weighted by molar-refractivity contribution is 14.1. The van der Waals surface area contributed by atoms with E-state index >= 15 is 0 Å². The maximum absolute atomic E-state index is 2.40. The normalized spacial score (nSPS) is 10.4. The van der Waals surface area contributed by atoms with Crippen molar-refractivity contribution in [2.24, 2.45) is 0 Å². The average molecular weight is 314 g/mol. The van der Waals surface area contributed by atoms with Crippen LogP contribution < -0.4 is 0 Å². The molecule has 0 bridgehead atoms. The molecule has 0 radical (unpaired) electrons. The summed E-state index contributed by atoms with van der Waals surface area (Å²) in [5.74, 6) is 0. The van der Waals surface area contributed by atoms with E-state index in [9.17, 15) is 0 Å². The van der Waals surface area contributed by atoms with Crippen molar-refractivity contribution in [3.05, 3.63) is 55.8 Å². The Bertz CT molecular complexity index is 392. The van der Waals surface area contributed by atoms with E-state index < -0.39 is 0 Å². The van der Waals surface area contributed by atoms with Crippen molar-refractivity contribution < 1.29 is 0 Å². The lowest BCUT2D eigenvalue weighted by Gasteiger charge is -2.02. The quantitative estimate of drug-likeness (QED) is 0.747. The zero-order valence-electron chi connectivity index (χ0n) is 7.74. The average Bonchev–Trinajstić information content (AvgIpc) is 2.69. The van der Waals surface area contributed by atoms with Crippen LogP contribution in [0.25, 0.3) is 0 Å². The second-order valence-electron chi connectivity index (χ2n) is 3.22. The molecule has 1 heterocycles. The molecule has 2 heteroatoms. The highest BCUT2D eigenvalue weighted by atomic mass is 127. The van der Waals surface area contributed by atoms with Crippen molar-refractivity contribution in [2.45, 2.75) is 12.8 Å². The summed E-state index contributed by atoms with van der Waals surface area (Å²) in [5.41, 5.74) is 2.91. The third-order valence-corrected chi connectivity index (χ3v) is 4.01. The first kappa shape index (κ1) is 10.2. The molecule has 0 saturated heterocycles. The number of hydrogen-bond acceptors (Lipinski definition) is 1.